The molecule has 106 valence electrons. The Morgan fingerprint density at radius 1 is 1.05 bits per heavy atom. The van der Waals surface area contributed by atoms with Crippen LogP contribution in [-0.4, -0.2) is 10.8 Å². The van der Waals surface area contributed by atoms with E-state index in [9.17, 15) is 9.18 Å². The van der Waals surface area contributed by atoms with Crippen molar-refractivity contribution in [1.82, 2.24) is 4.98 Å². The molecule has 0 unspecified atom stereocenters. The minimum atomic E-state index is -0.339. The molecule has 3 heteroatoms. The number of halogens is 1. The van der Waals surface area contributed by atoms with Gasteiger partial charge in [-0.2, -0.15) is 0 Å². The van der Waals surface area contributed by atoms with E-state index in [0.29, 0.717) is 16.5 Å². The fraction of sp³-hybridized carbons (Fsp3) is 0.167. The van der Waals surface area contributed by atoms with Crippen LogP contribution in [0.5, 0.6) is 0 Å². The van der Waals surface area contributed by atoms with Crippen molar-refractivity contribution in [2.75, 3.05) is 0 Å². The molecule has 0 saturated carbocycles. The highest BCUT2D eigenvalue weighted by molar-refractivity contribution is 6.17. The topological polar surface area (TPSA) is 32.9 Å². The van der Waals surface area contributed by atoms with Crippen LogP contribution in [0.1, 0.15) is 32.6 Å². The first-order chi connectivity index (χ1) is 9.97. The lowest BCUT2D eigenvalue weighted by atomic mass is 9.93. The first-order valence-corrected chi connectivity index (χ1v) is 6.86. The van der Waals surface area contributed by atoms with Crippen molar-refractivity contribution in [2.24, 2.45) is 0 Å². The Bertz CT molecular complexity index is 838. The van der Waals surface area contributed by atoms with E-state index in [1.807, 2.05) is 32.9 Å². The lowest BCUT2D eigenvalue weighted by molar-refractivity contribution is 0.103. The maximum Gasteiger partial charge on any atom is 0.195 e. The number of fused-ring (bicyclic) bond motifs is 1. The largest absolute Gasteiger partial charge is 0.360 e. The van der Waals surface area contributed by atoms with E-state index in [0.717, 1.165) is 22.2 Å². The molecule has 0 radical (unpaired) electrons. The quantitative estimate of drug-likeness (QED) is 0.691. The van der Waals surface area contributed by atoms with Gasteiger partial charge in [0.2, 0.25) is 0 Å². The predicted molar refractivity (Wildman–Crippen MR) is 82.3 cm³/mol. The van der Waals surface area contributed by atoms with E-state index in [-0.39, 0.29) is 11.6 Å². The third-order valence-electron chi connectivity index (χ3n) is 3.79. The van der Waals surface area contributed by atoms with Gasteiger partial charge in [-0.25, -0.2) is 4.39 Å². The molecule has 0 amide bonds. The van der Waals surface area contributed by atoms with Crippen molar-refractivity contribution in [3.63, 3.8) is 0 Å². The van der Waals surface area contributed by atoms with Crippen LogP contribution in [-0.2, 0) is 0 Å². The van der Waals surface area contributed by atoms with Gasteiger partial charge in [0.1, 0.15) is 5.82 Å². The lowest BCUT2D eigenvalue weighted by Gasteiger charge is -2.10. The third kappa shape index (κ3) is 2.25. The highest BCUT2D eigenvalue weighted by Crippen LogP contribution is 2.25. The Balaban J connectivity index is 2.20. The Morgan fingerprint density at radius 3 is 2.38 bits per heavy atom. The number of nitrogens with one attached hydrogen (secondary N) is 1. The molecule has 1 N–H and O–H groups in total. The zero-order valence-corrected chi connectivity index (χ0v) is 12.3. The molecule has 0 bridgehead atoms. The number of H-pyrrole nitrogens is 1. The van der Waals surface area contributed by atoms with Crippen molar-refractivity contribution in [3.05, 3.63) is 70.2 Å². The van der Waals surface area contributed by atoms with Crippen molar-refractivity contribution in [1.29, 1.82) is 0 Å². The fourth-order valence-corrected chi connectivity index (χ4v) is 2.95. The van der Waals surface area contributed by atoms with Crippen LogP contribution in [0.2, 0.25) is 0 Å². The summed E-state index contributed by atoms with van der Waals surface area (Å²) in [6.07, 6.45) is 1.66. The Hall–Kier alpha value is -2.42. The normalized spacial score (nSPS) is 11.0. The molecule has 0 aliphatic rings. The number of carbonyl (C=O) groups excluding carboxylic acids is 1. The predicted octanol–water partition coefficient (Wildman–Crippen LogP) is 4.46. The van der Waals surface area contributed by atoms with Gasteiger partial charge in [0, 0.05) is 28.2 Å². The first kappa shape index (κ1) is 13.6. The summed E-state index contributed by atoms with van der Waals surface area (Å²) in [6.45, 7) is 5.88. The summed E-state index contributed by atoms with van der Waals surface area (Å²) in [4.78, 5) is 15.9. The average molecular weight is 281 g/mol. The maximum atomic E-state index is 13.4. The number of aromatic nitrogens is 1. The van der Waals surface area contributed by atoms with E-state index in [1.165, 1.54) is 12.1 Å². The van der Waals surface area contributed by atoms with Crippen molar-refractivity contribution < 1.29 is 9.18 Å². The van der Waals surface area contributed by atoms with Gasteiger partial charge in [0.15, 0.2) is 5.78 Å². The van der Waals surface area contributed by atoms with Crippen LogP contribution in [0.15, 0.2) is 36.5 Å². The summed E-state index contributed by atoms with van der Waals surface area (Å²) in [7, 11) is 0. The van der Waals surface area contributed by atoms with Gasteiger partial charge in [-0.15, -0.1) is 0 Å². The Morgan fingerprint density at radius 2 is 1.71 bits per heavy atom. The molecule has 0 aliphatic heterocycles. The van der Waals surface area contributed by atoms with Gasteiger partial charge >= 0.3 is 0 Å². The molecular weight excluding hydrogens is 265 g/mol. The number of hydrogen-bond acceptors (Lipinski definition) is 1. The van der Waals surface area contributed by atoms with E-state index in [4.69, 9.17) is 0 Å². The number of rotatable bonds is 2. The Kier molecular flexibility index (Phi) is 3.13. The lowest BCUT2D eigenvalue weighted by Crippen LogP contribution is -2.06. The van der Waals surface area contributed by atoms with Crippen LogP contribution >= 0.6 is 0 Å². The van der Waals surface area contributed by atoms with Gasteiger partial charge in [-0.05, 0) is 50.1 Å². The molecule has 3 rings (SSSR count). The van der Waals surface area contributed by atoms with Crippen LogP contribution in [0.25, 0.3) is 10.9 Å². The molecule has 0 aliphatic carbocycles. The number of carbonyl (C=O) groups is 1. The summed E-state index contributed by atoms with van der Waals surface area (Å²) in [5.41, 5.74) is 5.01. The SMILES string of the molecule is Cc1cc(C)c(C(=O)c2c[nH]c3ccc(F)cc23)c(C)c1. The molecule has 0 saturated heterocycles. The van der Waals surface area contributed by atoms with Crippen molar-refractivity contribution in [2.45, 2.75) is 20.8 Å². The van der Waals surface area contributed by atoms with Crippen LogP contribution in [0.4, 0.5) is 4.39 Å². The molecule has 0 fully saturated rings. The summed E-state index contributed by atoms with van der Waals surface area (Å²) in [5.74, 6) is -0.407. The third-order valence-corrected chi connectivity index (χ3v) is 3.79. The highest BCUT2D eigenvalue weighted by atomic mass is 19.1. The van der Waals surface area contributed by atoms with E-state index >= 15 is 0 Å². The number of hydrogen-bond donors (Lipinski definition) is 1. The number of aromatic amines is 1. The van der Waals surface area contributed by atoms with Crippen molar-refractivity contribution in [3.8, 4) is 0 Å². The summed E-state index contributed by atoms with van der Waals surface area (Å²) < 4.78 is 13.4. The van der Waals surface area contributed by atoms with Crippen LogP contribution < -0.4 is 0 Å². The highest BCUT2D eigenvalue weighted by Gasteiger charge is 2.18. The second kappa shape index (κ2) is 4.85. The smallest absolute Gasteiger partial charge is 0.195 e. The van der Waals surface area contributed by atoms with Gasteiger partial charge in [-0.1, -0.05) is 17.7 Å². The Labute approximate surface area is 122 Å². The van der Waals surface area contributed by atoms with Gasteiger partial charge in [0.05, 0.1) is 0 Å². The molecule has 1 heterocycles. The average Bonchev–Trinajstić information content (AvgIpc) is 2.80. The second-order valence-corrected chi connectivity index (χ2v) is 5.50. The van der Waals surface area contributed by atoms with Crippen molar-refractivity contribution >= 4 is 16.7 Å². The zero-order chi connectivity index (χ0) is 15.1. The van der Waals surface area contributed by atoms with Crippen LogP contribution in [0.3, 0.4) is 0 Å². The second-order valence-electron chi connectivity index (χ2n) is 5.50. The molecule has 21 heavy (non-hydrogen) atoms. The van der Waals surface area contributed by atoms with Gasteiger partial charge in [-0.3, -0.25) is 4.79 Å². The molecule has 0 atom stereocenters. The summed E-state index contributed by atoms with van der Waals surface area (Å²) in [5, 5.41) is 0.624. The van der Waals surface area contributed by atoms with Gasteiger partial charge in [0.25, 0.3) is 0 Å². The minimum Gasteiger partial charge on any atom is -0.360 e. The molecule has 0 spiro atoms. The first-order valence-electron chi connectivity index (χ1n) is 6.86. The van der Waals surface area contributed by atoms with E-state index in [2.05, 4.69) is 4.98 Å². The summed E-state index contributed by atoms with van der Waals surface area (Å²) in [6, 6.07) is 8.43. The van der Waals surface area contributed by atoms with E-state index < -0.39 is 0 Å². The number of aryl methyl sites for hydroxylation is 3. The number of ketones is 1. The zero-order valence-electron chi connectivity index (χ0n) is 12.3. The minimum absolute atomic E-state index is 0.0677. The maximum absolute atomic E-state index is 13.4. The monoisotopic (exact) mass is 281 g/mol. The molecule has 2 nitrogen and oxygen atoms in total. The molecule has 1 aromatic heterocycles. The van der Waals surface area contributed by atoms with E-state index in [1.54, 1.807) is 12.3 Å². The standard InChI is InChI=1S/C18H16FNO/c1-10-6-11(2)17(12(3)7-10)18(21)15-9-20-16-5-4-13(19)8-14(15)16/h4-9,20H,1-3H3. The molecule has 2 aromatic carbocycles. The molecular formula is C18H16FNO. The summed E-state index contributed by atoms with van der Waals surface area (Å²) >= 11 is 0. The molecule has 3 aromatic rings. The van der Waals surface area contributed by atoms with Crippen LogP contribution in [0, 0.1) is 26.6 Å². The fourth-order valence-electron chi connectivity index (χ4n) is 2.95. The van der Waals surface area contributed by atoms with Gasteiger partial charge < -0.3 is 4.98 Å². The number of benzene rings is 2.